The van der Waals surface area contributed by atoms with Crippen molar-refractivity contribution in [1.82, 2.24) is 0 Å². The van der Waals surface area contributed by atoms with Crippen molar-refractivity contribution >= 4 is 25.7 Å². The fourth-order valence-electron chi connectivity index (χ4n) is 6.46. The first-order chi connectivity index (χ1) is 27.3. The summed E-state index contributed by atoms with van der Waals surface area (Å²) in [5.41, 5.74) is 5.32. The van der Waals surface area contributed by atoms with E-state index in [9.17, 15) is 39.2 Å². The predicted octanol–water partition coefficient (Wildman–Crippen LogP) is 7.22. The highest BCUT2D eigenvalue weighted by Gasteiger charge is 2.39. The number of carboxylic acids is 1. The standard InChI is InChI=1S/C42H74NO13P/c1-3-5-7-8-9-10-11-12-13-14-15-16-21-25-40(47)53-30-34(31-54-57(51,52)55-32-37(43)42(49)50)56-41(48)26-22-18-17-20-24-35-36(39(46)29-38(35)45)28-27-33(44)23-19-6-4-2/h10-11,17,20,27-28,33-39,44-46H,3-9,12-16,18-19,21-26,29-32,43H2,1-2H3,(H,49,50)(H,51,52)/b11-10-,20-17+,28-27+/t33-,34+,35+,36+,37-,38-,39+/m0/s1. The third kappa shape index (κ3) is 27.1. The number of aliphatic hydroxyl groups is 3. The molecule has 330 valence electrons. The first-order valence-corrected chi connectivity index (χ1v) is 22.8. The molecule has 1 fully saturated rings. The Balaban J connectivity index is 2.55. The van der Waals surface area contributed by atoms with Crippen LogP contribution in [0.15, 0.2) is 36.5 Å². The van der Waals surface area contributed by atoms with Gasteiger partial charge in [-0.05, 0) is 63.7 Å². The van der Waals surface area contributed by atoms with Crippen LogP contribution in [0.3, 0.4) is 0 Å². The molecule has 1 aliphatic rings. The van der Waals surface area contributed by atoms with Gasteiger partial charge in [-0.25, -0.2) is 4.57 Å². The summed E-state index contributed by atoms with van der Waals surface area (Å²) in [4.78, 5) is 46.1. The summed E-state index contributed by atoms with van der Waals surface area (Å²) in [7, 11) is -4.78. The highest BCUT2D eigenvalue weighted by molar-refractivity contribution is 7.47. The molecule has 0 aromatic heterocycles. The number of carbonyl (C=O) groups is 3. The summed E-state index contributed by atoms with van der Waals surface area (Å²) in [6, 6.07) is -1.56. The Morgan fingerprint density at radius 2 is 1.33 bits per heavy atom. The molecular formula is C42H74NO13P. The Bertz CT molecular complexity index is 1230. The zero-order valence-corrected chi connectivity index (χ0v) is 35.4. The van der Waals surface area contributed by atoms with Crippen molar-refractivity contribution in [3.8, 4) is 0 Å². The zero-order chi connectivity index (χ0) is 42.3. The Morgan fingerprint density at radius 3 is 2.02 bits per heavy atom. The maximum absolute atomic E-state index is 12.7. The minimum absolute atomic E-state index is 0.0175. The third-order valence-corrected chi connectivity index (χ3v) is 10.9. The van der Waals surface area contributed by atoms with Gasteiger partial charge in [0.15, 0.2) is 6.10 Å². The van der Waals surface area contributed by atoms with Gasteiger partial charge >= 0.3 is 25.7 Å². The maximum Gasteiger partial charge on any atom is 0.472 e. The number of aliphatic hydroxyl groups excluding tert-OH is 3. The van der Waals surface area contributed by atoms with E-state index in [4.69, 9.17) is 24.8 Å². The van der Waals surface area contributed by atoms with Crippen LogP contribution in [0.5, 0.6) is 0 Å². The van der Waals surface area contributed by atoms with Crippen LogP contribution in [0.25, 0.3) is 0 Å². The van der Waals surface area contributed by atoms with Crippen molar-refractivity contribution in [2.45, 2.75) is 179 Å². The van der Waals surface area contributed by atoms with E-state index in [-0.39, 0.29) is 31.1 Å². The minimum Gasteiger partial charge on any atom is -0.480 e. The van der Waals surface area contributed by atoms with E-state index >= 15 is 0 Å². The Morgan fingerprint density at radius 1 is 0.754 bits per heavy atom. The van der Waals surface area contributed by atoms with Gasteiger partial charge in [0.2, 0.25) is 0 Å². The SMILES string of the molecule is CCCCCC/C=C\CCCCCCCC(=O)OC[C@H](COP(=O)(O)OC[C@H](N)C(=O)O)OC(=O)CCC/C=C/C[C@@H]1[C@@H](/C=C/[C@@H](O)CCCCC)[C@H](O)C[C@@H]1O. The van der Waals surface area contributed by atoms with Crippen LogP contribution >= 0.6 is 7.82 Å². The van der Waals surface area contributed by atoms with Gasteiger partial charge in [0.25, 0.3) is 0 Å². The molecule has 8 atom stereocenters. The number of unbranched alkanes of at least 4 members (excludes halogenated alkanes) is 12. The van der Waals surface area contributed by atoms with Crippen molar-refractivity contribution in [1.29, 1.82) is 0 Å². The fourth-order valence-corrected chi connectivity index (χ4v) is 7.24. The molecule has 0 spiro atoms. The molecule has 0 aliphatic heterocycles. The zero-order valence-electron chi connectivity index (χ0n) is 34.5. The average Bonchev–Trinajstić information content (AvgIpc) is 3.44. The van der Waals surface area contributed by atoms with Crippen molar-refractivity contribution < 1.29 is 62.8 Å². The second kappa shape index (κ2) is 32.4. The number of hydrogen-bond donors (Lipinski definition) is 6. The third-order valence-electron chi connectivity index (χ3n) is 9.93. The van der Waals surface area contributed by atoms with E-state index in [2.05, 4.69) is 30.5 Å². The van der Waals surface area contributed by atoms with Gasteiger partial charge in [-0.3, -0.25) is 23.4 Å². The molecule has 7 N–H and O–H groups in total. The quantitative estimate of drug-likeness (QED) is 0.0160. The van der Waals surface area contributed by atoms with Gasteiger partial charge in [-0.1, -0.05) is 108 Å². The Hall–Kier alpha value is -2.42. The van der Waals surface area contributed by atoms with Crippen molar-refractivity contribution in [3.63, 3.8) is 0 Å². The van der Waals surface area contributed by atoms with Gasteiger partial charge in [0, 0.05) is 25.2 Å². The summed E-state index contributed by atoms with van der Waals surface area (Å²) >= 11 is 0. The van der Waals surface area contributed by atoms with Gasteiger partial charge in [-0.15, -0.1) is 0 Å². The van der Waals surface area contributed by atoms with Crippen molar-refractivity contribution in [2.24, 2.45) is 17.6 Å². The normalized spacial score (nSPS) is 21.2. The number of nitrogens with two attached hydrogens (primary N) is 1. The number of aliphatic carboxylic acids is 1. The topological polar surface area (TPSA) is 232 Å². The molecule has 0 aromatic rings. The first kappa shape index (κ1) is 52.6. The number of hydrogen-bond acceptors (Lipinski definition) is 12. The van der Waals surface area contributed by atoms with Crippen LogP contribution in [-0.2, 0) is 37.5 Å². The molecular weight excluding hydrogens is 757 g/mol. The molecule has 0 saturated heterocycles. The molecule has 1 rings (SSSR count). The van der Waals surface area contributed by atoms with Crippen molar-refractivity contribution in [3.05, 3.63) is 36.5 Å². The van der Waals surface area contributed by atoms with Gasteiger partial charge in [-0.2, -0.15) is 0 Å². The number of allylic oxidation sites excluding steroid dienone is 4. The number of phosphoric acid groups is 1. The van der Waals surface area contributed by atoms with Gasteiger partial charge < -0.3 is 40.5 Å². The smallest absolute Gasteiger partial charge is 0.472 e. The van der Waals surface area contributed by atoms with E-state index < -0.39 is 76.0 Å². The largest absolute Gasteiger partial charge is 0.480 e. The summed E-state index contributed by atoms with van der Waals surface area (Å²) in [5, 5.41) is 40.2. The number of phosphoric ester groups is 1. The highest BCUT2D eigenvalue weighted by atomic mass is 31.2. The average molecular weight is 832 g/mol. The highest BCUT2D eigenvalue weighted by Crippen LogP contribution is 2.43. The van der Waals surface area contributed by atoms with E-state index in [0.29, 0.717) is 32.1 Å². The number of carboxylic acid groups (broad SMARTS) is 1. The molecule has 1 saturated carbocycles. The first-order valence-electron chi connectivity index (χ1n) is 21.3. The van der Waals surface area contributed by atoms with Crippen LogP contribution in [0.1, 0.15) is 149 Å². The van der Waals surface area contributed by atoms with Crippen LogP contribution < -0.4 is 5.73 Å². The van der Waals surface area contributed by atoms with Crippen molar-refractivity contribution in [2.75, 3.05) is 19.8 Å². The maximum atomic E-state index is 12.7. The molecule has 15 heteroatoms. The van der Waals surface area contributed by atoms with E-state index in [1.165, 1.54) is 25.7 Å². The molecule has 0 bridgehead atoms. The van der Waals surface area contributed by atoms with Crippen LogP contribution in [0, 0.1) is 11.8 Å². The predicted molar refractivity (Wildman–Crippen MR) is 219 cm³/mol. The summed E-state index contributed by atoms with van der Waals surface area (Å²) < 4.78 is 32.6. The molecule has 14 nitrogen and oxygen atoms in total. The van der Waals surface area contributed by atoms with Crippen LogP contribution in [-0.4, -0.2) is 93.5 Å². The number of carbonyl (C=O) groups excluding carboxylic acids is 2. The molecule has 1 unspecified atom stereocenters. The molecule has 0 aromatic carbocycles. The lowest BCUT2D eigenvalue weighted by Crippen LogP contribution is -2.34. The Kier molecular flexibility index (Phi) is 29.9. The molecule has 0 heterocycles. The second-order valence-corrected chi connectivity index (χ2v) is 16.5. The van der Waals surface area contributed by atoms with Gasteiger partial charge in [0.05, 0.1) is 31.5 Å². The van der Waals surface area contributed by atoms with E-state index in [1.54, 1.807) is 6.08 Å². The minimum atomic E-state index is -4.78. The lowest BCUT2D eigenvalue weighted by atomic mass is 9.89. The summed E-state index contributed by atoms with van der Waals surface area (Å²) in [6.45, 7) is 2.41. The van der Waals surface area contributed by atoms with E-state index in [1.807, 2.05) is 18.2 Å². The lowest BCUT2D eigenvalue weighted by Gasteiger charge is -2.20. The Labute approximate surface area is 340 Å². The molecule has 1 aliphatic carbocycles. The summed E-state index contributed by atoms with van der Waals surface area (Å²) in [5.74, 6) is -3.10. The number of rotatable bonds is 35. The molecule has 0 radical (unpaired) electrons. The van der Waals surface area contributed by atoms with Crippen LogP contribution in [0.2, 0.25) is 0 Å². The molecule has 0 amide bonds. The number of esters is 2. The van der Waals surface area contributed by atoms with Gasteiger partial charge in [0.1, 0.15) is 12.6 Å². The second-order valence-electron chi connectivity index (χ2n) is 15.1. The summed E-state index contributed by atoms with van der Waals surface area (Å²) in [6.07, 6.45) is 26.0. The lowest BCUT2D eigenvalue weighted by molar-refractivity contribution is -0.161. The fraction of sp³-hybridized carbons (Fsp3) is 0.786. The number of ether oxygens (including phenoxy) is 2. The molecule has 57 heavy (non-hydrogen) atoms. The monoisotopic (exact) mass is 831 g/mol. The van der Waals surface area contributed by atoms with Crippen LogP contribution in [0.4, 0.5) is 0 Å². The van der Waals surface area contributed by atoms with E-state index in [0.717, 1.165) is 57.8 Å².